The summed E-state index contributed by atoms with van der Waals surface area (Å²) in [5, 5.41) is 12.5. The van der Waals surface area contributed by atoms with E-state index in [1.807, 2.05) is 18.5 Å². The van der Waals surface area contributed by atoms with E-state index in [1.165, 1.54) is 16.9 Å². The first-order chi connectivity index (χ1) is 6.88. The van der Waals surface area contributed by atoms with Gasteiger partial charge in [-0.15, -0.1) is 0 Å². The molecule has 4 nitrogen and oxygen atoms in total. The number of aromatic amines is 1. The zero-order chi connectivity index (χ0) is 9.80. The van der Waals surface area contributed by atoms with Crippen molar-refractivity contribution in [2.24, 2.45) is 0 Å². The smallest absolute Gasteiger partial charge is 0.184 e. The third-order valence-corrected chi connectivity index (χ3v) is 2.58. The lowest BCUT2D eigenvalue weighted by Crippen LogP contribution is -1.96. The molecule has 0 aliphatic carbocycles. The third-order valence-electron chi connectivity index (χ3n) is 1.72. The molecule has 0 bridgehead atoms. The van der Waals surface area contributed by atoms with Crippen LogP contribution in [0.1, 0.15) is 10.4 Å². The van der Waals surface area contributed by atoms with Crippen molar-refractivity contribution in [2.75, 3.05) is 5.32 Å². The van der Waals surface area contributed by atoms with Gasteiger partial charge in [-0.3, -0.25) is 0 Å². The summed E-state index contributed by atoms with van der Waals surface area (Å²) >= 11 is 1.36. The Bertz CT molecular complexity index is 438. The number of hydrogen-bond donors (Lipinski definition) is 2. The standard InChI is InChI=1S/C9H8N4S/c10-3-8-6-13-9(14-8)12-5-7-1-2-11-4-7/h1-2,4,6,11H,5H2,(H,12,13). The second kappa shape index (κ2) is 3.94. The first-order valence-corrected chi connectivity index (χ1v) is 4.91. The molecule has 2 rings (SSSR count). The Balaban J connectivity index is 1.96. The van der Waals surface area contributed by atoms with E-state index in [9.17, 15) is 0 Å². The van der Waals surface area contributed by atoms with Gasteiger partial charge in [0.05, 0.1) is 6.20 Å². The Morgan fingerprint density at radius 2 is 2.57 bits per heavy atom. The molecular formula is C9H8N4S. The molecule has 0 saturated heterocycles. The van der Waals surface area contributed by atoms with Crippen molar-refractivity contribution in [2.45, 2.75) is 6.54 Å². The molecule has 0 unspecified atom stereocenters. The molecule has 0 spiro atoms. The van der Waals surface area contributed by atoms with E-state index >= 15 is 0 Å². The zero-order valence-electron chi connectivity index (χ0n) is 7.32. The number of rotatable bonds is 3. The Morgan fingerprint density at radius 3 is 3.21 bits per heavy atom. The largest absolute Gasteiger partial charge is 0.367 e. The number of H-pyrrole nitrogens is 1. The monoisotopic (exact) mass is 204 g/mol. The number of aromatic nitrogens is 2. The Kier molecular flexibility index (Phi) is 2.47. The van der Waals surface area contributed by atoms with Crippen LogP contribution in [0.2, 0.25) is 0 Å². The maximum Gasteiger partial charge on any atom is 0.184 e. The van der Waals surface area contributed by atoms with Crippen molar-refractivity contribution >= 4 is 16.5 Å². The fraction of sp³-hybridized carbons (Fsp3) is 0.111. The molecule has 2 heterocycles. The van der Waals surface area contributed by atoms with E-state index in [2.05, 4.69) is 21.4 Å². The highest BCUT2D eigenvalue weighted by molar-refractivity contribution is 7.16. The SMILES string of the molecule is N#Cc1cnc(NCc2cc[nH]c2)s1. The normalized spacial score (nSPS) is 9.64. The molecule has 5 heteroatoms. The number of anilines is 1. The van der Waals surface area contributed by atoms with Crippen LogP contribution in [-0.2, 0) is 6.54 Å². The van der Waals surface area contributed by atoms with E-state index in [1.54, 1.807) is 6.20 Å². The highest BCUT2D eigenvalue weighted by atomic mass is 32.1. The molecule has 0 amide bonds. The molecule has 2 aromatic heterocycles. The van der Waals surface area contributed by atoms with Crippen molar-refractivity contribution in [1.82, 2.24) is 9.97 Å². The molecular weight excluding hydrogens is 196 g/mol. The van der Waals surface area contributed by atoms with Crippen molar-refractivity contribution in [3.63, 3.8) is 0 Å². The average molecular weight is 204 g/mol. The predicted molar refractivity (Wildman–Crippen MR) is 54.9 cm³/mol. The summed E-state index contributed by atoms with van der Waals surface area (Å²) in [6, 6.07) is 4.04. The van der Waals surface area contributed by atoms with E-state index < -0.39 is 0 Å². The highest BCUT2D eigenvalue weighted by Crippen LogP contribution is 2.17. The van der Waals surface area contributed by atoms with Gasteiger partial charge in [0.15, 0.2) is 5.13 Å². The second-order valence-electron chi connectivity index (χ2n) is 2.71. The van der Waals surface area contributed by atoms with E-state index in [0.29, 0.717) is 4.88 Å². The minimum atomic E-state index is 0.626. The second-order valence-corrected chi connectivity index (χ2v) is 3.74. The van der Waals surface area contributed by atoms with Gasteiger partial charge in [-0.25, -0.2) is 4.98 Å². The van der Waals surface area contributed by atoms with Crippen LogP contribution in [0.25, 0.3) is 0 Å². The number of nitrogens with one attached hydrogen (secondary N) is 2. The minimum absolute atomic E-state index is 0.626. The molecule has 70 valence electrons. The Hall–Kier alpha value is -1.80. The van der Waals surface area contributed by atoms with Crippen molar-refractivity contribution in [1.29, 1.82) is 5.26 Å². The summed E-state index contributed by atoms with van der Waals surface area (Å²) in [6.07, 6.45) is 5.37. The van der Waals surface area contributed by atoms with E-state index in [4.69, 9.17) is 5.26 Å². The van der Waals surface area contributed by atoms with Gasteiger partial charge in [0.2, 0.25) is 0 Å². The number of nitrogens with zero attached hydrogens (tertiary/aromatic N) is 2. The van der Waals surface area contributed by atoms with Gasteiger partial charge < -0.3 is 10.3 Å². The quantitative estimate of drug-likeness (QED) is 0.803. The molecule has 2 N–H and O–H groups in total. The summed E-state index contributed by atoms with van der Waals surface area (Å²) in [4.78, 5) is 7.66. The Labute approximate surface area is 85.2 Å². The topological polar surface area (TPSA) is 64.5 Å². The van der Waals surface area contributed by atoms with Gasteiger partial charge in [0.1, 0.15) is 10.9 Å². The zero-order valence-corrected chi connectivity index (χ0v) is 8.14. The lowest BCUT2D eigenvalue weighted by atomic mass is 10.3. The maximum absolute atomic E-state index is 8.59. The van der Waals surface area contributed by atoms with Crippen LogP contribution in [0.15, 0.2) is 24.7 Å². The molecule has 0 aliphatic heterocycles. The van der Waals surface area contributed by atoms with Crippen LogP contribution in [0.4, 0.5) is 5.13 Å². The van der Waals surface area contributed by atoms with E-state index in [0.717, 1.165) is 11.7 Å². The van der Waals surface area contributed by atoms with Crippen LogP contribution in [0.3, 0.4) is 0 Å². The number of hydrogen-bond acceptors (Lipinski definition) is 4. The van der Waals surface area contributed by atoms with Crippen LogP contribution >= 0.6 is 11.3 Å². The van der Waals surface area contributed by atoms with Gasteiger partial charge >= 0.3 is 0 Å². The molecule has 0 fully saturated rings. The van der Waals surface area contributed by atoms with E-state index in [-0.39, 0.29) is 0 Å². The van der Waals surface area contributed by atoms with Crippen molar-refractivity contribution < 1.29 is 0 Å². The molecule has 2 aromatic rings. The average Bonchev–Trinajstić information content (AvgIpc) is 2.86. The molecule has 0 radical (unpaired) electrons. The van der Waals surface area contributed by atoms with Gasteiger partial charge in [-0.1, -0.05) is 11.3 Å². The molecule has 0 aliphatic rings. The number of thiazole rings is 1. The van der Waals surface area contributed by atoms with Gasteiger partial charge in [0.25, 0.3) is 0 Å². The summed E-state index contributed by atoms with van der Waals surface area (Å²) in [5.41, 5.74) is 1.17. The van der Waals surface area contributed by atoms with Crippen LogP contribution in [0, 0.1) is 11.3 Å². The summed E-state index contributed by atoms with van der Waals surface area (Å²) in [5.74, 6) is 0. The van der Waals surface area contributed by atoms with Crippen LogP contribution in [-0.4, -0.2) is 9.97 Å². The van der Waals surface area contributed by atoms with Crippen molar-refractivity contribution in [3.05, 3.63) is 35.1 Å². The summed E-state index contributed by atoms with van der Waals surface area (Å²) < 4.78 is 0. The lowest BCUT2D eigenvalue weighted by molar-refractivity contribution is 1.14. The first-order valence-electron chi connectivity index (χ1n) is 4.10. The molecule has 0 atom stereocenters. The van der Waals surface area contributed by atoms with Gasteiger partial charge in [-0.2, -0.15) is 5.26 Å². The fourth-order valence-corrected chi connectivity index (χ4v) is 1.66. The van der Waals surface area contributed by atoms with Gasteiger partial charge in [-0.05, 0) is 11.6 Å². The fourth-order valence-electron chi connectivity index (χ4n) is 1.05. The predicted octanol–water partition coefficient (Wildman–Crippen LogP) is 1.95. The lowest BCUT2D eigenvalue weighted by Gasteiger charge is -1.98. The third kappa shape index (κ3) is 1.92. The maximum atomic E-state index is 8.59. The highest BCUT2D eigenvalue weighted by Gasteiger charge is 2.00. The minimum Gasteiger partial charge on any atom is -0.367 e. The number of nitriles is 1. The summed E-state index contributed by atoms with van der Waals surface area (Å²) in [7, 11) is 0. The van der Waals surface area contributed by atoms with Crippen molar-refractivity contribution in [3.8, 4) is 6.07 Å². The first kappa shape index (κ1) is 8.78. The van der Waals surface area contributed by atoms with Gasteiger partial charge in [0, 0.05) is 18.9 Å². The molecule has 14 heavy (non-hydrogen) atoms. The summed E-state index contributed by atoms with van der Waals surface area (Å²) in [6.45, 7) is 0.724. The van der Waals surface area contributed by atoms with Crippen LogP contribution in [0.5, 0.6) is 0 Å². The van der Waals surface area contributed by atoms with Crippen LogP contribution < -0.4 is 5.32 Å². The molecule has 0 saturated carbocycles. The molecule has 0 aromatic carbocycles. The Morgan fingerprint density at radius 1 is 1.64 bits per heavy atom.